The Morgan fingerprint density at radius 2 is 2.32 bits per heavy atom. The SMILES string of the molecule is Cn1cc(CCOC(=O)c2ccc(Br)c(N)c2)cn1. The molecule has 0 radical (unpaired) electrons. The van der Waals surface area contributed by atoms with Crippen molar-refractivity contribution in [2.75, 3.05) is 12.3 Å². The summed E-state index contributed by atoms with van der Waals surface area (Å²) in [6, 6.07) is 5.00. The second-order valence-corrected chi connectivity index (χ2v) is 5.00. The van der Waals surface area contributed by atoms with Gasteiger partial charge in [0.2, 0.25) is 0 Å². The highest BCUT2D eigenvalue weighted by Crippen LogP contribution is 2.20. The van der Waals surface area contributed by atoms with Crippen molar-refractivity contribution in [3.05, 3.63) is 46.2 Å². The number of halogens is 1. The van der Waals surface area contributed by atoms with E-state index in [1.165, 1.54) is 0 Å². The maximum atomic E-state index is 11.8. The smallest absolute Gasteiger partial charge is 0.338 e. The molecule has 0 amide bonds. The zero-order valence-corrected chi connectivity index (χ0v) is 12.1. The van der Waals surface area contributed by atoms with Gasteiger partial charge >= 0.3 is 5.97 Å². The first-order valence-electron chi connectivity index (χ1n) is 5.76. The van der Waals surface area contributed by atoms with E-state index in [1.807, 2.05) is 13.2 Å². The van der Waals surface area contributed by atoms with Gasteiger partial charge in [-0.2, -0.15) is 5.10 Å². The van der Waals surface area contributed by atoms with Gasteiger partial charge in [0.25, 0.3) is 0 Å². The third-order valence-electron chi connectivity index (χ3n) is 2.61. The highest BCUT2D eigenvalue weighted by Gasteiger charge is 2.09. The fourth-order valence-electron chi connectivity index (χ4n) is 1.62. The van der Waals surface area contributed by atoms with Gasteiger partial charge in [-0.3, -0.25) is 4.68 Å². The van der Waals surface area contributed by atoms with Crippen molar-refractivity contribution in [1.29, 1.82) is 0 Å². The van der Waals surface area contributed by atoms with Gasteiger partial charge in [0.05, 0.1) is 18.4 Å². The Kier molecular flexibility index (Phi) is 4.21. The van der Waals surface area contributed by atoms with E-state index in [0.717, 1.165) is 10.0 Å². The fraction of sp³-hybridized carbons (Fsp3) is 0.231. The average Bonchev–Trinajstić information content (AvgIpc) is 2.78. The summed E-state index contributed by atoms with van der Waals surface area (Å²) in [4.78, 5) is 11.8. The lowest BCUT2D eigenvalue weighted by Crippen LogP contribution is -2.08. The lowest BCUT2D eigenvalue weighted by atomic mass is 10.2. The summed E-state index contributed by atoms with van der Waals surface area (Å²) in [6.07, 6.45) is 4.29. The molecule has 0 aliphatic rings. The van der Waals surface area contributed by atoms with Crippen LogP contribution >= 0.6 is 15.9 Å². The van der Waals surface area contributed by atoms with E-state index < -0.39 is 0 Å². The van der Waals surface area contributed by atoms with E-state index in [-0.39, 0.29) is 5.97 Å². The highest BCUT2D eigenvalue weighted by atomic mass is 79.9. The predicted molar refractivity (Wildman–Crippen MR) is 75.7 cm³/mol. The second-order valence-electron chi connectivity index (χ2n) is 4.14. The van der Waals surface area contributed by atoms with Gasteiger partial charge in [-0.15, -0.1) is 0 Å². The molecular formula is C13H14BrN3O2. The van der Waals surface area contributed by atoms with E-state index in [1.54, 1.807) is 29.1 Å². The summed E-state index contributed by atoms with van der Waals surface area (Å²) < 4.78 is 7.67. The molecule has 0 atom stereocenters. The molecule has 19 heavy (non-hydrogen) atoms. The monoisotopic (exact) mass is 323 g/mol. The van der Waals surface area contributed by atoms with Gasteiger partial charge < -0.3 is 10.5 Å². The third kappa shape index (κ3) is 3.57. The topological polar surface area (TPSA) is 70.1 Å². The molecule has 0 saturated carbocycles. The third-order valence-corrected chi connectivity index (χ3v) is 3.34. The number of carbonyl (C=O) groups is 1. The van der Waals surface area contributed by atoms with Gasteiger partial charge in [-0.25, -0.2) is 4.79 Å². The summed E-state index contributed by atoms with van der Waals surface area (Å²) in [5.74, 6) is -0.372. The van der Waals surface area contributed by atoms with Gasteiger partial charge in [-0.05, 0) is 39.7 Å². The molecule has 100 valence electrons. The molecule has 0 unspecified atom stereocenters. The Hall–Kier alpha value is -1.82. The van der Waals surface area contributed by atoms with E-state index in [2.05, 4.69) is 21.0 Å². The van der Waals surface area contributed by atoms with Crippen LogP contribution in [-0.4, -0.2) is 22.4 Å². The lowest BCUT2D eigenvalue weighted by molar-refractivity contribution is 0.0509. The molecular weight excluding hydrogens is 310 g/mol. The van der Waals surface area contributed by atoms with Crippen LogP contribution in [0.5, 0.6) is 0 Å². The molecule has 2 N–H and O–H groups in total. The van der Waals surface area contributed by atoms with Crippen molar-refractivity contribution in [3.63, 3.8) is 0 Å². The lowest BCUT2D eigenvalue weighted by Gasteiger charge is -2.05. The Bertz CT molecular complexity index is 595. The number of aryl methyl sites for hydroxylation is 1. The van der Waals surface area contributed by atoms with Crippen molar-refractivity contribution < 1.29 is 9.53 Å². The molecule has 0 aliphatic heterocycles. The number of nitrogen functional groups attached to an aromatic ring is 1. The molecule has 1 aromatic heterocycles. The largest absolute Gasteiger partial charge is 0.462 e. The fourth-order valence-corrected chi connectivity index (χ4v) is 1.86. The first-order chi connectivity index (χ1) is 9.06. The van der Waals surface area contributed by atoms with Crippen LogP contribution in [0.3, 0.4) is 0 Å². The molecule has 0 bridgehead atoms. The van der Waals surface area contributed by atoms with Crippen LogP contribution in [0.25, 0.3) is 0 Å². The minimum atomic E-state index is -0.372. The number of benzene rings is 1. The molecule has 0 aliphatic carbocycles. The standard InChI is InChI=1S/C13H14BrN3O2/c1-17-8-9(7-16-17)4-5-19-13(18)10-2-3-11(14)12(15)6-10/h2-3,6-8H,4-5,15H2,1H3. The summed E-state index contributed by atoms with van der Waals surface area (Å²) in [6.45, 7) is 0.320. The summed E-state index contributed by atoms with van der Waals surface area (Å²) in [5.41, 5.74) is 7.71. The van der Waals surface area contributed by atoms with E-state index in [4.69, 9.17) is 10.5 Å². The molecule has 1 aromatic carbocycles. The summed E-state index contributed by atoms with van der Waals surface area (Å²) in [5, 5.41) is 4.05. The molecule has 2 rings (SSSR count). The summed E-state index contributed by atoms with van der Waals surface area (Å²) in [7, 11) is 1.85. The quantitative estimate of drug-likeness (QED) is 0.691. The van der Waals surface area contributed by atoms with Crippen LogP contribution in [0, 0.1) is 0 Å². The van der Waals surface area contributed by atoms with E-state index in [9.17, 15) is 4.79 Å². The second kappa shape index (κ2) is 5.88. The Morgan fingerprint density at radius 3 is 2.95 bits per heavy atom. The minimum absolute atomic E-state index is 0.320. The molecule has 2 aromatic rings. The highest BCUT2D eigenvalue weighted by molar-refractivity contribution is 9.10. The van der Waals surface area contributed by atoms with Crippen LogP contribution in [0.15, 0.2) is 35.1 Å². The van der Waals surface area contributed by atoms with Crippen molar-refractivity contribution in [2.24, 2.45) is 7.05 Å². The minimum Gasteiger partial charge on any atom is -0.462 e. The molecule has 5 nitrogen and oxygen atoms in total. The van der Waals surface area contributed by atoms with Crippen molar-refractivity contribution in [3.8, 4) is 0 Å². The van der Waals surface area contributed by atoms with Crippen LogP contribution < -0.4 is 5.73 Å². The van der Waals surface area contributed by atoms with Gasteiger partial charge in [-0.1, -0.05) is 0 Å². The van der Waals surface area contributed by atoms with Crippen molar-refractivity contribution in [1.82, 2.24) is 9.78 Å². The zero-order valence-electron chi connectivity index (χ0n) is 10.5. The molecule has 1 heterocycles. The number of rotatable bonds is 4. The number of carbonyl (C=O) groups excluding carboxylic acids is 1. The average molecular weight is 324 g/mol. The number of ether oxygens (including phenoxy) is 1. The number of anilines is 1. The summed E-state index contributed by atoms with van der Waals surface area (Å²) >= 11 is 3.28. The number of aromatic nitrogens is 2. The molecule has 0 spiro atoms. The molecule has 0 fully saturated rings. The Labute approximate surface area is 119 Å². The maximum absolute atomic E-state index is 11.8. The van der Waals surface area contributed by atoms with E-state index in [0.29, 0.717) is 24.3 Å². The number of nitrogens with two attached hydrogens (primary N) is 1. The molecule has 6 heteroatoms. The number of hydrogen-bond donors (Lipinski definition) is 1. The Morgan fingerprint density at radius 1 is 1.53 bits per heavy atom. The molecule has 0 saturated heterocycles. The van der Waals surface area contributed by atoms with Crippen LogP contribution in [0.2, 0.25) is 0 Å². The van der Waals surface area contributed by atoms with Gasteiger partial charge in [0.15, 0.2) is 0 Å². The first kappa shape index (κ1) is 13.6. The van der Waals surface area contributed by atoms with Crippen LogP contribution in [-0.2, 0) is 18.2 Å². The van der Waals surface area contributed by atoms with Gasteiger partial charge in [0, 0.05) is 29.8 Å². The van der Waals surface area contributed by atoms with Gasteiger partial charge in [0.1, 0.15) is 0 Å². The van der Waals surface area contributed by atoms with Crippen LogP contribution in [0.1, 0.15) is 15.9 Å². The normalized spacial score (nSPS) is 10.4. The number of nitrogens with zero attached hydrogens (tertiary/aromatic N) is 2. The Balaban J connectivity index is 1.89. The van der Waals surface area contributed by atoms with E-state index >= 15 is 0 Å². The zero-order chi connectivity index (χ0) is 13.8. The number of esters is 1. The van der Waals surface area contributed by atoms with Crippen LogP contribution in [0.4, 0.5) is 5.69 Å². The predicted octanol–water partition coefficient (Wildman–Crippen LogP) is 2.16. The van der Waals surface area contributed by atoms with Crippen molar-refractivity contribution >= 4 is 27.6 Å². The number of hydrogen-bond acceptors (Lipinski definition) is 4. The first-order valence-corrected chi connectivity index (χ1v) is 6.55. The maximum Gasteiger partial charge on any atom is 0.338 e. The van der Waals surface area contributed by atoms with Crippen molar-refractivity contribution in [2.45, 2.75) is 6.42 Å².